The van der Waals surface area contributed by atoms with Crippen LogP contribution in [0.1, 0.15) is 79.1 Å². The predicted molar refractivity (Wildman–Crippen MR) is 96.9 cm³/mol. The number of hydrogen-bond donors (Lipinski definition) is 1. The molecule has 140 valence electrons. The zero-order chi connectivity index (χ0) is 18.2. The van der Waals surface area contributed by atoms with Gasteiger partial charge in [0.2, 0.25) is 0 Å². The standard InChI is InChI=1S/C22H34O3/c1-13(23)17-7-8-18-16-6-5-14-11-15(24)9-10-20(14,2)19(16)22(4,25)12-21(17,18)3/h14,16-19,25H,5-12H2,1-4H3/t14?,16-,17+,18-,19-,20-,21+,22?/m0/s1. The maximum absolute atomic E-state index is 12.3. The van der Waals surface area contributed by atoms with Crippen LogP contribution in [0.2, 0.25) is 0 Å². The smallest absolute Gasteiger partial charge is 0.133 e. The van der Waals surface area contributed by atoms with Gasteiger partial charge in [0.15, 0.2) is 0 Å². The van der Waals surface area contributed by atoms with Gasteiger partial charge in [-0.2, -0.15) is 0 Å². The Morgan fingerprint density at radius 2 is 1.80 bits per heavy atom. The van der Waals surface area contributed by atoms with Gasteiger partial charge in [-0.15, -0.1) is 0 Å². The van der Waals surface area contributed by atoms with Crippen molar-refractivity contribution in [2.45, 2.75) is 84.7 Å². The van der Waals surface area contributed by atoms with E-state index in [1.54, 1.807) is 6.92 Å². The molecule has 3 nitrogen and oxygen atoms in total. The Morgan fingerprint density at radius 3 is 2.48 bits per heavy atom. The first kappa shape index (κ1) is 17.7. The van der Waals surface area contributed by atoms with Gasteiger partial charge < -0.3 is 5.11 Å². The number of ketones is 2. The summed E-state index contributed by atoms with van der Waals surface area (Å²) in [5.74, 6) is 2.62. The van der Waals surface area contributed by atoms with Gasteiger partial charge in [-0.05, 0) is 86.9 Å². The Kier molecular flexibility index (Phi) is 3.83. The fourth-order valence-electron chi connectivity index (χ4n) is 8.49. The topological polar surface area (TPSA) is 54.4 Å². The molecular formula is C22H34O3. The Balaban J connectivity index is 1.74. The molecule has 0 heterocycles. The largest absolute Gasteiger partial charge is 0.390 e. The van der Waals surface area contributed by atoms with E-state index in [-0.39, 0.29) is 22.7 Å². The molecule has 4 saturated carbocycles. The van der Waals surface area contributed by atoms with Crippen LogP contribution in [-0.2, 0) is 9.59 Å². The average molecular weight is 347 g/mol. The van der Waals surface area contributed by atoms with Crippen molar-refractivity contribution in [1.29, 1.82) is 0 Å². The minimum absolute atomic E-state index is 0.0514. The Hall–Kier alpha value is -0.700. The van der Waals surface area contributed by atoms with Crippen molar-refractivity contribution in [3.05, 3.63) is 0 Å². The first-order valence-electron chi connectivity index (χ1n) is 10.3. The lowest BCUT2D eigenvalue weighted by Gasteiger charge is -2.64. The fraction of sp³-hybridized carbons (Fsp3) is 0.909. The molecule has 2 unspecified atom stereocenters. The first-order chi connectivity index (χ1) is 11.6. The summed E-state index contributed by atoms with van der Waals surface area (Å²) >= 11 is 0. The summed E-state index contributed by atoms with van der Waals surface area (Å²) in [5, 5.41) is 11.7. The molecule has 0 aliphatic heterocycles. The van der Waals surface area contributed by atoms with Crippen LogP contribution in [0, 0.1) is 40.4 Å². The molecular weight excluding hydrogens is 312 g/mol. The normalized spacial score (nSPS) is 55.2. The lowest BCUT2D eigenvalue weighted by atomic mass is 9.41. The van der Waals surface area contributed by atoms with E-state index in [0.717, 1.165) is 38.5 Å². The highest BCUT2D eigenvalue weighted by molar-refractivity contribution is 5.80. The van der Waals surface area contributed by atoms with Crippen LogP contribution in [0.4, 0.5) is 0 Å². The highest BCUT2D eigenvalue weighted by atomic mass is 16.3. The zero-order valence-electron chi connectivity index (χ0n) is 16.3. The van der Waals surface area contributed by atoms with Crippen LogP contribution in [0.5, 0.6) is 0 Å². The predicted octanol–water partition coefficient (Wildman–Crippen LogP) is 4.16. The fourth-order valence-corrected chi connectivity index (χ4v) is 8.49. The molecule has 4 rings (SSSR count). The molecule has 0 amide bonds. The van der Waals surface area contributed by atoms with Crippen molar-refractivity contribution in [2.24, 2.45) is 40.4 Å². The van der Waals surface area contributed by atoms with Crippen molar-refractivity contribution < 1.29 is 14.7 Å². The third kappa shape index (κ3) is 2.33. The Bertz CT molecular complexity index is 608. The molecule has 4 aliphatic carbocycles. The van der Waals surface area contributed by atoms with E-state index in [1.807, 2.05) is 6.92 Å². The van der Waals surface area contributed by atoms with Gasteiger partial charge in [-0.25, -0.2) is 0 Å². The van der Waals surface area contributed by atoms with Crippen molar-refractivity contribution in [1.82, 2.24) is 0 Å². The number of fused-ring (bicyclic) bond motifs is 5. The van der Waals surface area contributed by atoms with Crippen molar-refractivity contribution >= 4 is 11.6 Å². The first-order valence-corrected chi connectivity index (χ1v) is 10.3. The van der Waals surface area contributed by atoms with Gasteiger partial charge >= 0.3 is 0 Å². The van der Waals surface area contributed by atoms with E-state index in [2.05, 4.69) is 13.8 Å². The van der Waals surface area contributed by atoms with E-state index in [0.29, 0.717) is 42.2 Å². The molecule has 1 N–H and O–H groups in total. The third-order valence-electron chi connectivity index (χ3n) is 9.16. The number of hydrogen-bond acceptors (Lipinski definition) is 3. The summed E-state index contributed by atoms with van der Waals surface area (Å²) in [6.45, 7) is 8.41. The van der Waals surface area contributed by atoms with Crippen molar-refractivity contribution in [3.8, 4) is 0 Å². The summed E-state index contributed by atoms with van der Waals surface area (Å²) in [7, 11) is 0. The quantitative estimate of drug-likeness (QED) is 0.775. The van der Waals surface area contributed by atoms with Gasteiger partial charge in [0.25, 0.3) is 0 Å². The van der Waals surface area contributed by atoms with Crippen molar-refractivity contribution in [3.63, 3.8) is 0 Å². The van der Waals surface area contributed by atoms with E-state index in [9.17, 15) is 14.7 Å². The van der Waals surface area contributed by atoms with Gasteiger partial charge in [-0.3, -0.25) is 9.59 Å². The van der Waals surface area contributed by atoms with Gasteiger partial charge in [0.05, 0.1) is 5.60 Å². The molecule has 4 fully saturated rings. The van der Waals surface area contributed by atoms with Crippen LogP contribution in [-0.4, -0.2) is 22.3 Å². The summed E-state index contributed by atoms with van der Waals surface area (Å²) in [6, 6.07) is 0. The average Bonchev–Trinajstić information content (AvgIpc) is 2.83. The molecule has 25 heavy (non-hydrogen) atoms. The molecule has 0 aromatic heterocycles. The Labute approximate surface area is 151 Å². The second-order valence-corrected chi connectivity index (χ2v) is 10.6. The molecule has 0 bridgehead atoms. The highest BCUT2D eigenvalue weighted by Crippen LogP contribution is 2.69. The minimum atomic E-state index is -0.734. The highest BCUT2D eigenvalue weighted by Gasteiger charge is 2.66. The van der Waals surface area contributed by atoms with Gasteiger partial charge in [-0.1, -0.05) is 13.8 Å². The number of Topliss-reactive ketones (excluding diaryl/α,β-unsaturated/α-hetero) is 2. The molecule has 0 aromatic carbocycles. The number of rotatable bonds is 1. The van der Waals surface area contributed by atoms with Crippen LogP contribution in [0.25, 0.3) is 0 Å². The second-order valence-electron chi connectivity index (χ2n) is 10.6. The van der Waals surface area contributed by atoms with Crippen molar-refractivity contribution in [2.75, 3.05) is 0 Å². The molecule has 0 aromatic rings. The van der Waals surface area contributed by atoms with Crippen LogP contribution in [0.15, 0.2) is 0 Å². The molecule has 3 heteroatoms. The molecule has 0 saturated heterocycles. The molecule has 0 spiro atoms. The number of carbonyl (C=O) groups excluding carboxylic acids is 2. The van der Waals surface area contributed by atoms with E-state index >= 15 is 0 Å². The van der Waals surface area contributed by atoms with E-state index in [1.165, 1.54) is 0 Å². The van der Waals surface area contributed by atoms with Gasteiger partial charge in [0.1, 0.15) is 11.6 Å². The van der Waals surface area contributed by atoms with Gasteiger partial charge in [0, 0.05) is 18.8 Å². The summed E-state index contributed by atoms with van der Waals surface area (Å²) in [5.41, 5.74) is -0.706. The second kappa shape index (κ2) is 5.41. The maximum Gasteiger partial charge on any atom is 0.133 e. The van der Waals surface area contributed by atoms with Crippen LogP contribution < -0.4 is 0 Å². The lowest BCUT2D eigenvalue weighted by Crippen LogP contribution is -2.63. The number of aliphatic hydroxyl groups is 1. The number of carbonyl (C=O) groups is 2. The summed E-state index contributed by atoms with van der Waals surface area (Å²) in [4.78, 5) is 24.3. The minimum Gasteiger partial charge on any atom is -0.390 e. The molecule has 8 atom stereocenters. The zero-order valence-corrected chi connectivity index (χ0v) is 16.3. The Morgan fingerprint density at radius 1 is 1.08 bits per heavy atom. The monoisotopic (exact) mass is 346 g/mol. The molecule has 0 radical (unpaired) electrons. The van der Waals surface area contributed by atoms with E-state index in [4.69, 9.17) is 0 Å². The SMILES string of the molecule is CC(=O)[C@H]1CC[C@H]2[C@@H]3CCC4CC(=O)CC[C@]4(C)[C@H]3C(C)(O)C[C@]12C. The lowest BCUT2D eigenvalue weighted by molar-refractivity contribution is -0.213. The van der Waals surface area contributed by atoms with Crippen LogP contribution in [0.3, 0.4) is 0 Å². The van der Waals surface area contributed by atoms with E-state index < -0.39 is 5.60 Å². The molecule has 4 aliphatic rings. The van der Waals surface area contributed by atoms with Crippen LogP contribution >= 0.6 is 0 Å². The maximum atomic E-state index is 12.3. The summed E-state index contributed by atoms with van der Waals surface area (Å²) < 4.78 is 0. The summed E-state index contributed by atoms with van der Waals surface area (Å²) in [6.07, 6.45) is 7.46. The third-order valence-corrected chi connectivity index (χ3v) is 9.16.